The molecule has 2 fully saturated rings. The van der Waals surface area contributed by atoms with Crippen molar-refractivity contribution >= 4 is 35.5 Å². The molecule has 2 aliphatic rings. The van der Waals surface area contributed by atoms with Crippen LogP contribution >= 0.6 is 0 Å². The van der Waals surface area contributed by atoms with Gasteiger partial charge in [0.1, 0.15) is 18.1 Å². The Kier molecular flexibility index (Phi) is 11.8. The highest BCUT2D eigenvalue weighted by molar-refractivity contribution is 6.37. The van der Waals surface area contributed by atoms with E-state index in [1.54, 1.807) is 41.5 Å². The van der Waals surface area contributed by atoms with Gasteiger partial charge in [-0.3, -0.25) is 19.2 Å². The van der Waals surface area contributed by atoms with Crippen LogP contribution in [0.2, 0.25) is 0 Å². The molecule has 3 unspecified atom stereocenters. The fourth-order valence-electron chi connectivity index (χ4n) is 5.15. The van der Waals surface area contributed by atoms with Crippen molar-refractivity contribution in [2.75, 3.05) is 13.2 Å². The summed E-state index contributed by atoms with van der Waals surface area (Å²) in [5, 5.41) is 8.13. The number of amides is 5. The van der Waals surface area contributed by atoms with Crippen molar-refractivity contribution in [3.05, 3.63) is 0 Å². The summed E-state index contributed by atoms with van der Waals surface area (Å²) < 4.78 is 5.48. The zero-order valence-electron chi connectivity index (χ0n) is 27.4. The molecule has 5 amide bonds. The number of nitrogens with zero attached hydrogens (tertiary/aromatic N) is 1. The smallest absolute Gasteiger partial charge is 0.329 e. The quantitative estimate of drug-likeness (QED) is 0.206. The molecule has 244 valence electrons. The molecule has 12 heteroatoms. The second kappa shape index (κ2) is 14.1. The van der Waals surface area contributed by atoms with E-state index in [-0.39, 0.29) is 24.5 Å². The molecule has 0 radical (unpaired) electrons. The van der Waals surface area contributed by atoms with E-state index < -0.39 is 70.5 Å². The summed E-state index contributed by atoms with van der Waals surface area (Å²) in [5.74, 6) is -3.30. The minimum absolute atomic E-state index is 0.176. The standard InChI is InChI=1S/C31H53N5O7/c1-29(2,3)17-43-27(41)23(31(7,8)9)35-28(42)34-22(30(4,5)6)26(40)36-15-11-14-20(36)25(39)33-19(21(37)24(32)38)16-18-12-10-13-18/h18-20,22-23H,10-17H2,1-9H3,(H2,32,38)(H,33,39)(H2,34,35,42)/t19?,20-,22?,23?/m0/s1. The maximum atomic E-state index is 13.9. The molecule has 0 aromatic rings. The molecule has 1 aliphatic carbocycles. The molecule has 43 heavy (non-hydrogen) atoms. The number of carbonyl (C=O) groups excluding carboxylic acids is 6. The molecule has 1 aliphatic heterocycles. The molecule has 0 aromatic heterocycles. The highest BCUT2D eigenvalue weighted by Crippen LogP contribution is 2.31. The van der Waals surface area contributed by atoms with E-state index in [2.05, 4.69) is 16.0 Å². The zero-order valence-corrected chi connectivity index (χ0v) is 27.4. The van der Waals surface area contributed by atoms with Gasteiger partial charge in [0.15, 0.2) is 0 Å². The van der Waals surface area contributed by atoms with Gasteiger partial charge >= 0.3 is 12.0 Å². The fourth-order valence-corrected chi connectivity index (χ4v) is 5.15. The first-order valence-electron chi connectivity index (χ1n) is 15.3. The number of nitrogens with two attached hydrogens (primary N) is 1. The molecular formula is C31H53N5O7. The largest absolute Gasteiger partial charge is 0.464 e. The van der Waals surface area contributed by atoms with Gasteiger partial charge in [-0.15, -0.1) is 0 Å². The number of ketones is 1. The van der Waals surface area contributed by atoms with E-state index >= 15 is 0 Å². The van der Waals surface area contributed by atoms with Crippen LogP contribution in [0.4, 0.5) is 4.79 Å². The normalized spacial score (nSPS) is 19.8. The van der Waals surface area contributed by atoms with E-state index in [9.17, 15) is 28.8 Å². The number of ether oxygens (including phenoxy) is 1. The number of Topliss-reactive ketones (excluding diaryl/α,β-unsaturated/α-hetero) is 1. The summed E-state index contributed by atoms with van der Waals surface area (Å²) in [5.41, 5.74) is 3.56. The predicted molar refractivity (Wildman–Crippen MR) is 161 cm³/mol. The number of primary amides is 1. The summed E-state index contributed by atoms with van der Waals surface area (Å²) in [7, 11) is 0. The number of carbonyl (C=O) groups is 6. The number of esters is 1. The lowest BCUT2D eigenvalue weighted by Gasteiger charge is -2.37. The van der Waals surface area contributed by atoms with Crippen molar-refractivity contribution in [1.29, 1.82) is 0 Å². The molecule has 1 saturated carbocycles. The van der Waals surface area contributed by atoms with E-state index in [0.29, 0.717) is 19.3 Å². The summed E-state index contributed by atoms with van der Waals surface area (Å²) in [6.45, 7) is 17.0. The SMILES string of the molecule is CC(C)(C)COC(=O)C(NC(=O)NC(C(=O)N1CCC[C@H]1C(=O)NC(CC1CCC1)C(=O)C(N)=O)C(C)(C)C)C(C)(C)C. The zero-order chi connectivity index (χ0) is 32.9. The first kappa shape index (κ1) is 36.0. The van der Waals surface area contributed by atoms with Crippen LogP contribution in [0.5, 0.6) is 0 Å². The fraction of sp³-hybridized carbons (Fsp3) is 0.806. The van der Waals surface area contributed by atoms with Crippen LogP contribution in [0.1, 0.15) is 101 Å². The van der Waals surface area contributed by atoms with Crippen molar-refractivity contribution in [2.24, 2.45) is 27.9 Å². The van der Waals surface area contributed by atoms with Crippen molar-refractivity contribution in [2.45, 2.75) is 125 Å². The summed E-state index contributed by atoms with van der Waals surface area (Å²) in [6.07, 6.45) is 4.11. The molecule has 5 N–H and O–H groups in total. The number of nitrogens with one attached hydrogen (secondary N) is 3. The van der Waals surface area contributed by atoms with E-state index in [0.717, 1.165) is 19.3 Å². The third kappa shape index (κ3) is 10.5. The van der Waals surface area contributed by atoms with Crippen molar-refractivity contribution < 1.29 is 33.5 Å². The van der Waals surface area contributed by atoms with Crippen LogP contribution in [0.15, 0.2) is 0 Å². The minimum atomic E-state index is -1.11. The predicted octanol–water partition coefficient (Wildman–Crippen LogP) is 2.42. The third-order valence-corrected chi connectivity index (χ3v) is 7.92. The number of urea groups is 1. The molecule has 2 rings (SSSR count). The monoisotopic (exact) mass is 607 g/mol. The second-order valence-electron chi connectivity index (χ2n) is 15.4. The minimum Gasteiger partial charge on any atom is -0.464 e. The maximum absolute atomic E-state index is 13.9. The van der Waals surface area contributed by atoms with Gasteiger partial charge in [0.2, 0.25) is 17.6 Å². The van der Waals surface area contributed by atoms with Crippen LogP contribution in [0.3, 0.4) is 0 Å². The first-order valence-corrected chi connectivity index (χ1v) is 15.3. The Bertz CT molecular complexity index is 1070. The van der Waals surface area contributed by atoms with Gasteiger partial charge in [0.25, 0.3) is 5.91 Å². The number of hydrogen-bond donors (Lipinski definition) is 4. The van der Waals surface area contributed by atoms with Crippen molar-refractivity contribution in [3.63, 3.8) is 0 Å². The van der Waals surface area contributed by atoms with Gasteiger partial charge in [-0.1, -0.05) is 81.6 Å². The average Bonchev–Trinajstić information content (AvgIpc) is 3.33. The van der Waals surface area contributed by atoms with Crippen LogP contribution in [0.25, 0.3) is 0 Å². The highest BCUT2D eigenvalue weighted by atomic mass is 16.5. The Labute approximate surface area is 256 Å². The number of hydrogen-bond acceptors (Lipinski definition) is 7. The number of rotatable bonds is 11. The van der Waals surface area contributed by atoms with Crippen LogP contribution in [-0.2, 0) is 28.7 Å². The average molecular weight is 608 g/mol. The lowest BCUT2D eigenvalue weighted by Crippen LogP contribution is -2.62. The van der Waals surface area contributed by atoms with E-state index in [4.69, 9.17) is 10.5 Å². The molecule has 0 aromatic carbocycles. The van der Waals surface area contributed by atoms with Gasteiger partial charge in [-0.05, 0) is 41.4 Å². The molecule has 4 atom stereocenters. The van der Waals surface area contributed by atoms with Crippen LogP contribution in [-0.4, -0.2) is 77.7 Å². The van der Waals surface area contributed by atoms with Crippen LogP contribution in [0, 0.1) is 22.2 Å². The van der Waals surface area contributed by atoms with Crippen molar-refractivity contribution in [3.8, 4) is 0 Å². The molecule has 0 bridgehead atoms. The van der Waals surface area contributed by atoms with Crippen molar-refractivity contribution in [1.82, 2.24) is 20.9 Å². The van der Waals surface area contributed by atoms with Gasteiger partial charge in [0, 0.05) is 6.54 Å². The Balaban J connectivity index is 2.18. The lowest BCUT2D eigenvalue weighted by atomic mass is 9.80. The van der Waals surface area contributed by atoms with Gasteiger partial charge in [0.05, 0.1) is 12.6 Å². The Hall–Kier alpha value is -3.18. The van der Waals surface area contributed by atoms with Gasteiger partial charge < -0.3 is 31.3 Å². The Morgan fingerprint density at radius 3 is 1.84 bits per heavy atom. The highest BCUT2D eigenvalue weighted by Gasteiger charge is 2.44. The molecule has 0 spiro atoms. The second-order valence-corrected chi connectivity index (χ2v) is 15.4. The van der Waals surface area contributed by atoms with Gasteiger partial charge in [-0.25, -0.2) is 9.59 Å². The molecule has 12 nitrogen and oxygen atoms in total. The first-order chi connectivity index (χ1) is 19.6. The molecular weight excluding hydrogens is 554 g/mol. The summed E-state index contributed by atoms with van der Waals surface area (Å²) >= 11 is 0. The summed E-state index contributed by atoms with van der Waals surface area (Å²) in [4.78, 5) is 79.0. The number of likely N-dealkylation sites (tertiary alicyclic amines) is 1. The van der Waals surface area contributed by atoms with Crippen LogP contribution < -0.4 is 21.7 Å². The van der Waals surface area contributed by atoms with Gasteiger partial charge in [-0.2, -0.15) is 0 Å². The molecule has 1 saturated heterocycles. The maximum Gasteiger partial charge on any atom is 0.329 e. The third-order valence-electron chi connectivity index (χ3n) is 7.92. The lowest BCUT2D eigenvalue weighted by molar-refractivity contribution is -0.151. The van der Waals surface area contributed by atoms with E-state index in [1.165, 1.54) is 4.90 Å². The Morgan fingerprint density at radius 2 is 1.37 bits per heavy atom. The molecule has 1 heterocycles. The topological polar surface area (TPSA) is 177 Å². The van der Waals surface area contributed by atoms with E-state index in [1.807, 2.05) is 20.8 Å². The summed E-state index contributed by atoms with van der Waals surface area (Å²) in [6, 6.07) is -4.64. The Morgan fingerprint density at radius 1 is 0.814 bits per heavy atom.